The second kappa shape index (κ2) is 4.87. The summed E-state index contributed by atoms with van der Waals surface area (Å²) in [7, 11) is 0. The topological polar surface area (TPSA) is 32.5 Å². The number of hydrogen-bond donors (Lipinski definition) is 1. The number of nitrogens with zero attached hydrogens (tertiary/aromatic N) is 2. The van der Waals surface area contributed by atoms with Crippen molar-refractivity contribution in [1.29, 1.82) is 0 Å². The molecule has 0 aromatic heterocycles. The molecule has 0 aliphatic carbocycles. The largest absolute Gasteiger partial charge is 0.328 e. The molecular formula is C14H27N3. The maximum Gasteiger partial charge on any atom is 0.0252 e. The molecule has 3 heteroatoms. The molecular weight excluding hydrogens is 210 g/mol. The Hall–Kier alpha value is -0.120. The fourth-order valence-electron chi connectivity index (χ4n) is 4.12. The van der Waals surface area contributed by atoms with Crippen LogP contribution in [0.1, 0.15) is 32.6 Å². The average Bonchev–Trinajstić information content (AvgIpc) is 2.40. The van der Waals surface area contributed by atoms with Crippen LogP contribution in [0.2, 0.25) is 0 Å². The van der Waals surface area contributed by atoms with Gasteiger partial charge in [-0.3, -0.25) is 4.90 Å². The van der Waals surface area contributed by atoms with Crippen LogP contribution in [0.25, 0.3) is 0 Å². The molecule has 3 atom stereocenters. The Kier molecular flexibility index (Phi) is 3.42. The summed E-state index contributed by atoms with van der Waals surface area (Å²) in [6.45, 7) is 8.80. The van der Waals surface area contributed by atoms with Crippen molar-refractivity contribution < 1.29 is 0 Å². The number of hydrogen-bond acceptors (Lipinski definition) is 3. The van der Waals surface area contributed by atoms with Crippen molar-refractivity contribution in [1.82, 2.24) is 9.80 Å². The van der Waals surface area contributed by atoms with E-state index in [9.17, 15) is 0 Å². The van der Waals surface area contributed by atoms with Crippen LogP contribution in [0.5, 0.6) is 0 Å². The van der Waals surface area contributed by atoms with Gasteiger partial charge in [-0.25, -0.2) is 0 Å². The van der Waals surface area contributed by atoms with Gasteiger partial charge in [0.2, 0.25) is 0 Å². The van der Waals surface area contributed by atoms with Gasteiger partial charge in [0, 0.05) is 25.2 Å². The first kappa shape index (κ1) is 11.9. The second-order valence-corrected chi connectivity index (χ2v) is 6.46. The van der Waals surface area contributed by atoms with Crippen LogP contribution in [0.15, 0.2) is 0 Å². The minimum Gasteiger partial charge on any atom is -0.328 e. The van der Waals surface area contributed by atoms with E-state index in [0.29, 0.717) is 6.04 Å². The molecule has 0 radical (unpaired) electrons. The molecule has 0 saturated carbocycles. The maximum atomic E-state index is 6.10. The number of likely N-dealkylation sites (tertiary alicyclic amines) is 1. The quantitative estimate of drug-likeness (QED) is 0.782. The summed E-state index contributed by atoms with van der Waals surface area (Å²) in [4.78, 5) is 5.44. The Morgan fingerprint density at radius 2 is 1.82 bits per heavy atom. The van der Waals surface area contributed by atoms with E-state index in [1.165, 1.54) is 58.4 Å². The molecule has 0 amide bonds. The smallest absolute Gasteiger partial charge is 0.0252 e. The van der Waals surface area contributed by atoms with Gasteiger partial charge in [0.25, 0.3) is 0 Å². The van der Waals surface area contributed by atoms with E-state index in [-0.39, 0.29) is 0 Å². The summed E-state index contributed by atoms with van der Waals surface area (Å²) in [5.74, 6) is 1.71. The number of nitrogens with two attached hydrogens (primary N) is 1. The molecule has 3 unspecified atom stereocenters. The molecule has 4 rings (SSSR count). The molecule has 4 aliphatic heterocycles. The predicted molar refractivity (Wildman–Crippen MR) is 70.9 cm³/mol. The normalized spacial score (nSPS) is 44.8. The minimum absolute atomic E-state index is 0.374. The monoisotopic (exact) mass is 237 g/mol. The van der Waals surface area contributed by atoms with Crippen LogP contribution >= 0.6 is 0 Å². The molecule has 4 heterocycles. The van der Waals surface area contributed by atoms with Crippen molar-refractivity contribution in [2.75, 3.05) is 32.7 Å². The van der Waals surface area contributed by atoms with Crippen molar-refractivity contribution in [3.8, 4) is 0 Å². The fraction of sp³-hybridized carbons (Fsp3) is 1.00. The lowest BCUT2D eigenvalue weighted by Crippen LogP contribution is -2.59. The highest BCUT2D eigenvalue weighted by Crippen LogP contribution is 2.33. The maximum absolute atomic E-state index is 6.10. The van der Waals surface area contributed by atoms with Gasteiger partial charge in [-0.1, -0.05) is 0 Å². The van der Waals surface area contributed by atoms with E-state index in [1.807, 2.05) is 0 Å². The highest BCUT2D eigenvalue weighted by molar-refractivity contribution is 4.94. The Labute approximate surface area is 105 Å². The van der Waals surface area contributed by atoms with Crippen LogP contribution in [0.3, 0.4) is 0 Å². The van der Waals surface area contributed by atoms with Gasteiger partial charge in [0.05, 0.1) is 0 Å². The summed E-state index contributed by atoms with van der Waals surface area (Å²) in [5.41, 5.74) is 6.10. The SMILES string of the molecule is CC(N)C1CCCN(C2CN3CCC2CC3)C1. The zero-order valence-corrected chi connectivity index (χ0v) is 11.1. The number of rotatable bonds is 2. The summed E-state index contributed by atoms with van der Waals surface area (Å²) in [6.07, 6.45) is 5.57. The minimum atomic E-state index is 0.374. The van der Waals surface area contributed by atoms with E-state index < -0.39 is 0 Å². The molecule has 0 aromatic carbocycles. The van der Waals surface area contributed by atoms with Gasteiger partial charge in [0.1, 0.15) is 0 Å². The summed E-state index contributed by atoms with van der Waals surface area (Å²) < 4.78 is 0. The van der Waals surface area contributed by atoms with Gasteiger partial charge < -0.3 is 10.6 Å². The fourth-order valence-corrected chi connectivity index (χ4v) is 4.12. The van der Waals surface area contributed by atoms with Gasteiger partial charge in [0.15, 0.2) is 0 Å². The third-order valence-electron chi connectivity index (χ3n) is 5.32. The summed E-state index contributed by atoms with van der Waals surface area (Å²) >= 11 is 0. The van der Waals surface area contributed by atoms with Crippen LogP contribution < -0.4 is 5.73 Å². The third kappa shape index (κ3) is 2.38. The van der Waals surface area contributed by atoms with Gasteiger partial charge >= 0.3 is 0 Å². The Bertz CT molecular complexity index is 258. The molecule has 17 heavy (non-hydrogen) atoms. The van der Waals surface area contributed by atoms with Crippen molar-refractivity contribution in [3.05, 3.63) is 0 Å². The second-order valence-electron chi connectivity index (χ2n) is 6.46. The van der Waals surface area contributed by atoms with Crippen LogP contribution in [0, 0.1) is 11.8 Å². The standard InChI is InChI=1S/C14H27N3/c1-11(15)13-3-2-6-17(9-13)14-10-16-7-4-12(14)5-8-16/h11-14H,2-10,15H2,1H3. The van der Waals surface area contributed by atoms with Crippen LogP contribution in [0.4, 0.5) is 0 Å². The molecule has 0 aromatic rings. The molecule has 4 aliphatic rings. The van der Waals surface area contributed by atoms with E-state index in [0.717, 1.165) is 17.9 Å². The Morgan fingerprint density at radius 3 is 2.41 bits per heavy atom. The van der Waals surface area contributed by atoms with E-state index >= 15 is 0 Å². The predicted octanol–water partition coefficient (Wildman–Crippen LogP) is 1.14. The Balaban J connectivity index is 1.64. The lowest BCUT2D eigenvalue weighted by atomic mass is 9.81. The molecule has 4 saturated heterocycles. The first-order valence-corrected chi connectivity index (χ1v) is 7.46. The van der Waals surface area contributed by atoms with Gasteiger partial charge in [-0.15, -0.1) is 0 Å². The van der Waals surface area contributed by atoms with Gasteiger partial charge in [-0.05, 0) is 64.1 Å². The number of fused-ring (bicyclic) bond motifs is 3. The van der Waals surface area contributed by atoms with Crippen molar-refractivity contribution in [2.45, 2.75) is 44.7 Å². The number of piperidine rings is 4. The summed E-state index contributed by atoms with van der Waals surface area (Å²) in [5, 5.41) is 0. The zero-order chi connectivity index (χ0) is 11.8. The molecule has 3 nitrogen and oxygen atoms in total. The summed E-state index contributed by atoms with van der Waals surface area (Å²) in [6, 6.07) is 1.22. The average molecular weight is 237 g/mol. The lowest BCUT2D eigenvalue weighted by Gasteiger charge is -2.51. The first-order valence-electron chi connectivity index (χ1n) is 7.46. The highest BCUT2D eigenvalue weighted by Gasteiger charge is 2.39. The molecule has 2 bridgehead atoms. The highest BCUT2D eigenvalue weighted by atomic mass is 15.3. The van der Waals surface area contributed by atoms with Crippen LogP contribution in [-0.4, -0.2) is 54.6 Å². The first-order chi connectivity index (χ1) is 8.24. The van der Waals surface area contributed by atoms with Crippen molar-refractivity contribution in [3.63, 3.8) is 0 Å². The van der Waals surface area contributed by atoms with E-state index in [2.05, 4.69) is 16.7 Å². The lowest BCUT2D eigenvalue weighted by molar-refractivity contribution is -0.0141. The van der Waals surface area contributed by atoms with E-state index in [1.54, 1.807) is 0 Å². The molecule has 98 valence electrons. The molecule has 2 N–H and O–H groups in total. The Morgan fingerprint density at radius 1 is 1.06 bits per heavy atom. The third-order valence-corrected chi connectivity index (χ3v) is 5.32. The van der Waals surface area contributed by atoms with Crippen molar-refractivity contribution in [2.24, 2.45) is 17.6 Å². The van der Waals surface area contributed by atoms with E-state index in [4.69, 9.17) is 5.73 Å². The molecule has 4 fully saturated rings. The van der Waals surface area contributed by atoms with Gasteiger partial charge in [-0.2, -0.15) is 0 Å². The zero-order valence-electron chi connectivity index (χ0n) is 11.1. The van der Waals surface area contributed by atoms with Crippen molar-refractivity contribution >= 4 is 0 Å². The molecule has 0 spiro atoms. The van der Waals surface area contributed by atoms with Crippen LogP contribution in [-0.2, 0) is 0 Å².